The van der Waals surface area contributed by atoms with E-state index in [1.54, 1.807) is 0 Å². The summed E-state index contributed by atoms with van der Waals surface area (Å²) in [4.78, 5) is 2.59. The Morgan fingerprint density at radius 3 is 2.94 bits per heavy atom. The van der Waals surface area contributed by atoms with Crippen LogP contribution in [0.25, 0.3) is 0 Å². The lowest BCUT2D eigenvalue weighted by Gasteiger charge is -2.37. The molecular weight excluding hydrogens is 208 g/mol. The van der Waals surface area contributed by atoms with Gasteiger partial charge in [-0.05, 0) is 57.8 Å². The number of hydrogen-bond donors (Lipinski definition) is 1. The van der Waals surface area contributed by atoms with Crippen molar-refractivity contribution in [2.24, 2.45) is 0 Å². The number of nitrogens with zero attached hydrogens (tertiary/aromatic N) is 1. The van der Waals surface area contributed by atoms with Gasteiger partial charge < -0.3 is 10.2 Å². The Morgan fingerprint density at radius 1 is 1.29 bits per heavy atom. The lowest BCUT2D eigenvalue weighted by molar-refractivity contribution is 0.541. The van der Waals surface area contributed by atoms with Gasteiger partial charge in [-0.25, -0.2) is 0 Å². The van der Waals surface area contributed by atoms with Crippen molar-refractivity contribution in [3.63, 3.8) is 0 Å². The Bertz CT molecular complexity index is 349. The summed E-state index contributed by atoms with van der Waals surface area (Å²) >= 11 is 0. The molecule has 94 valence electrons. The van der Waals surface area contributed by atoms with Gasteiger partial charge in [0.15, 0.2) is 0 Å². The molecule has 17 heavy (non-hydrogen) atoms. The first-order chi connectivity index (χ1) is 8.33. The van der Waals surface area contributed by atoms with Crippen molar-refractivity contribution in [3.8, 4) is 0 Å². The van der Waals surface area contributed by atoms with Gasteiger partial charge in [0.1, 0.15) is 0 Å². The summed E-state index contributed by atoms with van der Waals surface area (Å²) in [5, 5.41) is 3.22. The predicted molar refractivity (Wildman–Crippen MR) is 74.7 cm³/mol. The summed E-state index contributed by atoms with van der Waals surface area (Å²) in [5.74, 6) is 0. The Morgan fingerprint density at radius 2 is 2.12 bits per heavy atom. The van der Waals surface area contributed by atoms with Crippen LogP contribution in [0.1, 0.15) is 31.7 Å². The zero-order valence-electron chi connectivity index (χ0n) is 11.1. The van der Waals surface area contributed by atoms with E-state index in [-0.39, 0.29) is 0 Å². The minimum absolute atomic E-state index is 0.694. The predicted octanol–water partition coefficient (Wildman–Crippen LogP) is 2.83. The molecule has 1 unspecified atom stereocenters. The largest absolute Gasteiger partial charge is 0.369 e. The third-order valence-electron chi connectivity index (χ3n) is 3.74. The SMILES string of the molecule is CNCCCCN1c2ccccc2CCC1C. The number of nitrogens with one attached hydrogen (secondary N) is 1. The Labute approximate surface area is 105 Å². The van der Waals surface area contributed by atoms with Gasteiger partial charge in [0.25, 0.3) is 0 Å². The molecule has 0 radical (unpaired) electrons. The zero-order valence-corrected chi connectivity index (χ0v) is 11.1. The zero-order chi connectivity index (χ0) is 12.1. The first kappa shape index (κ1) is 12.4. The van der Waals surface area contributed by atoms with Crippen molar-refractivity contribution in [1.29, 1.82) is 0 Å². The topological polar surface area (TPSA) is 15.3 Å². The normalized spacial score (nSPS) is 19.2. The molecule has 0 saturated carbocycles. The molecule has 1 aliphatic rings. The van der Waals surface area contributed by atoms with E-state index in [9.17, 15) is 0 Å². The number of aryl methyl sites for hydroxylation is 1. The Kier molecular flexibility index (Phi) is 4.43. The smallest absolute Gasteiger partial charge is 0.0401 e. The van der Waals surface area contributed by atoms with Crippen LogP contribution in [0, 0.1) is 0 Å². The van der Waals surface area contributed by atoms with E-state index < -0.39 is 0 Å². The minimum atomic E-state index is 0.694. The van der Waals surface area contributed by atoms with Crippen LogP contribution in [0.5, 0.6) is 0 Å². The summed E-state index contributed by atoms with van der Waals surface area (Å²) in [6.07, 6.45) is 5.08. The fourth-order valence-electron chi connectivity index (χ4n) is 2.68. The highest BCUT2D eigenvalue weighted by molar-refractivity contribution is 5.56. The number of unbranched alkanes of at least 4 members (excludes halogenated alkanes) is 1. The second-order valence-electron chi connectivity index (χ2n) is 5.02. The third kappa shape index (κ3) is 3.01. The fourth-order valence-corrected chi connectivity index (χ4v) is 2.68. The molecule has 0 saturated heterocycles. The maximum Gasteiger partial charge on any atom is 0.0401 e. The average molecular weight is 232 g/mol. The van der Waals surface area contributed by atoms with Gasteiger partial charge in [-0.1, -0.05) is 18.2 Å². The van der Waals surface area contributed by atoms with E-state index in [0.717, 1.165) is 6.54 Å². The first-order valence-electron chi connectivity index (χ1n) is 6.82. The van der Waals surface area contributed by atoms with Crippen LogP contribution in [-0.4, -0.2) is 26.2 Å². The maximum atomic E-state index is 3.22. The van der Waals surface area contributed by atoms with Crippen LogP contribution in [0.15, 0.2) is 24.3 Å². The number of hydrogen-bond acceptors (Lipinski definition) is 2. The van der Waals surface area contributed by atoms with Crippen LogP contribution in [-0.2, 0) is 6.42 Å². The number of fused-ring (bicyclic) bond motifs is 1. The summed E-state index contributed by atoms with van der Waals surface area (Å²) in [6, 6.07) is 9.58. The van der Waals surface area contributed by atoms with Crippen LogP contribution in [0.3, 0.4) is 0 Å². The number of anilines is 1. The molecule has 1 aliphatic heterocycles. The molecule has 2 rings (SSSR count). The van der Waals surface area contributed by atoms with Crippen molar-refractivity contribution in [2.75, 3.05) is 25.0 Å². The molecule has 0 amide bonds. The molecule has 1 heterocycles. The van der Waals surface area contributed by atoms with Gasteiger partial charge in [-0.2, -0.15) is 0 Å². The molecule has 0 aromatic heterocycles. The van der Waals surface area contributed by atoms with Crippen molar-refractivity contribution in [3.05, 3.63) is 29.8 Å². The van der Waals surface area contributed by atoms with Gasteiger partial charge >= 0.3 is 0 Å². The van der Waals surface area contributed by atoms with E-state index in [2.05, 4.69) is 41.4 Å². The minimum Gasteiger partial charge on any atom is -0.369 e. The van der Waals surface area contributed by atoms with Crippen molar-refractivity contribution >= 4 is 5.69 Å². The molecule has 2 nitrogen and oxygen atoms in total. The monoisotopic (exact) mass is 232 g/mol. The lowest BCUT2D eigenvalue weighted by atomic mass is 9.96. The van der Waals surface area contributed by atoms with Gasteiger partial charge in [0, 0.05) is 18.3 Å². The first-order valence-corrected chi connectivity index (χ1v) is 6.82. The van der Waals surface area contributed by atoms with Crippen LogP contribution in [0.2, 0.25) is 0 Å². The van der Waals surface area contributed by atoms with Crippen LogP contribution < -0.4 is 10.2 Å². The van der Waals surface area contributed by atoms with E-state index in [0.29, 0.717) is 6.04 Å². The number of rotatable bonds is 5. The third-order valence-corrected chi connectivity index (χ3v) is 3.74. The van der Waals surface area contributed by atoms with E-state index in [1.807, 2.05) is 7.05 Å². The molecule has 0 bridgehead atoms. The van der Waals surface area contributed by atoms with Gasteiger partial charge in [0.2, 0.25) is 0 Å². The van der Waals surface area contributed by atoms with E-state index >= 15 is 0 Å². The Hall–Kier alpha value is -1.02. The molecular formula is C15H24N2. The summed E-state index contributed by atoms with van der Waals surface area (Å²) < 4.78 is 0. The highest BCUT2D eigenvalue weighted by Crippen LogP contribution is 2.30. The summed E-state index contributed by atoms with van der Waals surface area (Å²) in [5.41, 5.74) is 3.00. The van der Waals surface area contributed by atoms with Crippen molar-refractivity contribution < 1.29 is 0 Å². The summed E-state index contributed by atoms with van der Waals surface area (Å²) in [6.45, 7) is 4.68. The lowest BCUT2D eigenvalue weighted by Crippen LogP contribution is -2.38. The quantitative estimate of drug-likeness (QED) is 0.785. The van der Waals surface area contributed by atoms with Crippen molar-refractivity contribution in [1.82, 2.24) is 5.32 Å². The highest BCUT2D eigenvalue weighted by atomic mass is 15.2. The molecule has 0 aliphatic carbocycles. The number of para-hydroxylation sites is 1. The second-order valence-corrected chi connectivity index (χ2v) is 5.02. The maximum absolute atomic E-state index is 3.22. The standard InChI is InChI=1S/C15H24N2/c1-13-9-10-14-7-3-4-8-15(14)17(13)12-6-5-11-16-2/h3-4,7-8,13,16H,5-6,9-12H2,1-2H3. The van der Waals surface area contributed by atoms with E-state index in [4.69, 9.17) is 0 Å². The molecule has 1 aromatic carbocycles. The van der Waals surface area contributed by atoms with Gasteiger partial charge in [-0.3, -0.25) is 0 Å². The van der Waals surface area contributed by atoms with Crippen molar-refractivity contribution in [2.45, 2.75) is 38.6 Å². The molecule has 2 heteroatoms. The molecule has 1 atom stereocenters. The van der Waals surface area contributed by atoms with Crippen LogP contribution >= 0.6 is 0 Å². The van der Waals surface area contributed by atoms with E-state index in [1.165, 1.54) is 43.5 Å². The second kappa shape index (κ2) is 6.06. The average Bonchev–Trinajstić information content (AvgIpc) is 2.37. The fraction of sp³-hybridized carbons (Fsp3) is 0.600. The molecule has 1 N–H and O–H groups in total. The molecule has 0 fully saturated rings. The van der Waals surface area contributed by atoms with Gasteiger partial charge in [-0.15, -0.1) is 0 Å². The number of benzene rings is 1. The highest BCUT2D eigenvalue weighted by Gasteiger charge is 2.21. The summed E-state index contributed by atoms with van der Waals surface area (Å²) in [7, 11) is 2.03. The molecule has 0 spiro atoms. The van der Waals surface area contributed by atoms with Crippen LogP contribution in [0.4, 0.5) is 5.69 Å². The molecule has 1 aromatic rings. The Balaban J connectivity index is 2.00. The van der Waals surface area contributed by atoms with Gasteiger partial charge in [0.05, 0.1) is 0 Å².